The van der Waals surface area contributed by atoms with E-state index in [1.807, 2.05) is 45.9 Å². The van der Waals surface area contributed by atoms with Gasteiger partial charge in [0.15, 0.2) is 0 Å². The average molecular weight is 448 g/mol. The number of nitrogens with zero attached hydrogens (tertiary/aromatic N) is 2. The zero-order valence-corrected chi connectivity index (χ0v) is 18.3. The van der Waals surface area contributed by atoms with Crippen LogP contribution in [0, 0.1) is 5.92 Å². The quantitative estimate of drug-likeness (QED) is 0.598. The third-order valence-corrected chi connectivity index (χ3v) is 7.35. The average Bonchev–Trinajstić information content (AvgIpc) is 2.79. The van der Waals surface area contributed by atoms with Crippen molar-refractivity contribution in [1.29, 1.82) is 0 Å². The van der Waals surface area contributed by atoms with E-state index in [1.54, 1.807) is 0 Å². The van der Waals surface area contributed by atoms with Gasteiger partial charge in [0.05, 0.1) is 11.7 Å². The van der Waals surface area contributed by atoms with Crippen LogP contribution in [-0.4, -0.2) is 45.9 Å². The van der Waals surface area contributed by atoms with Crippen molar-refractivity contribution in [3.8, 4) is 11.1 Å². The molecule has 7 heteroatoms. The molecule has 6 nitrogen and oxygen atoms in total. The highest BCUT2D eigenvalue weighted by Gasteiger charge is 2.36. The molecule has 0 spiro atoms. The Morgan fingerprint density at radius 2 is 1.78 bits per heavy atom. The Kier molecular flexibility index (Phi) is 5.51. The van der Waals surface area contributed by atoms with Gasteiger partial charge < -0.3 is 19.4 Å². The number of pyridine rings is 1. The predicted octanol–water partition coefficient (Wildman–Crippen LogP) is 2.10. The maximum absolute atomic E-state index is 13.4. The lowest BCUT2D eigenvalue weighted by molar-refractivity contribution is -0.301. The molecule has 3 heterocycles. The van der Waals surface area contributed by atoms with Crippen molar-refractivity contribution >= 4 is 34.4 Å². The van der Waals surface area contributed by atoms with E-state index in [1.165, 1.54) is 0 Å². The number of benzene rings is 2. The van der Waals surface area contributed by atoms with Crippen LogP contribution in [-0.2, 0) is 16.1 Å². The zero-order valence-electron chi connectivity index (χ0n) is 17.5. The molecule has 0 aliphatic carbocycles. The molecular formula is C25H23N2O4S-. The Bertz CT molecular complexity index is 1270. The van der Waals surface area contributed by atoms with Crippen molar-refractivity contribution < 1.29 is 14.7 Å². The molecule has 0 N–H and O–H groups in total. The molecule has 2 bridgehead atoms. The van der Waals surface area contributed by atoms with Gasteiger partial charge in [0, 0.05) is 42.6 Å². The molecule has 5 rings (SSSR count). The fourth-order valence-electron chi connectivity index (χ4n) is 5.04. The number of fused-ring (bicyclic) bond motifs is 5. The number of carbonyl (C=O) groups excluding carboxylic acids is 2. The summed E-state index contributed by atoms with van der Waals surface area (Å²) in [6.45, 7) is 1.77. The summed E-state index contributed by atoms with van der Waals surface area (Å²) in [5.74, 6) is -0.899. The molecule has 2 atom stereocenters. The second-order valence-electron chi connectivity index (χ2n) is 8.61. The van der Waals surface area contributed by atoms with Gasteiger partial charge >= 0.3 is 0 Å². The van der Waals surface area contributed by atoms with E-state index in [9.17, 15) is 19.5 Å². The molecule has 2 aliphatic rings. The second kappa shape index (κ2) is 8.47. The maximum atomic E-state index is 13.4. The molecule has 0 radical (unpaired) electrons. The van der Waals surface area contributed by atoms with Crippen molar-refractivity contribution in [2.24, 2.45) is 5.92 Å². The van der Waals surface area contributed by atoms with E-state index < -0.39 is 5.97 Å². The van der Waals surface area contributed by atoms with Crippen LogP contribution in [0.5, 0.6) is 0 Å². The maximum Gasteiger partial charge on any atom is 0.258 e. The van der Waals surface area contributed by atoms with Gasteiger partial charge in [0.1, 0.15) is 0 Å². The summed E-state index contributed by atoms with van der Waals surface area (Å²) in [6, 6.07) is 18.2. The number of piperidine rings is 1. The first-order chi connectivity index (χ1) is 15.5. The minimum Gasteiger partial charge on any atom is -0.549 e. The summed E-state index contributed by atoms with van der Waals surface area (Å²) in [4.78, 5) is 38.4. The molecule has 2 aromatic carbocycles. The molecule has 1 saturated heterocycles. The summed E-state index contributed by atoms with van der Waals surface area (Å²) in [6.07, 6.45) is 0.963. The van der Waals surface area contributed by atoms with Crippen LogP contribution in [0.1, 0.15) is 18.0 Å². The van der Waals surface area contributed by atoms with Gasteiger partial charge in [-0.15, -0.1) is 11.8 Å². The lowest BCUT2D eigenvalue weighted by Gasteiger charge is -2.43. The Morgan fingerprint density at radius 3 is 2.59 bits per heavy atom. The van der Waals surface area contributed by atoms with Crippen LogP contribution in [0.25, 0.3) is 21.9 Å². The largest absolute Gasteiger partial charge is 0.549 e. The first kappa shape index (κ1) is 20.8. The van der Waals surface area contributed by atoms with Gasteiger partial charge in [0.2, 0.25) is 5.91 Å². The number of carbonyl (C=O) groups is 2. The van der Waals surface area contributed by atoms with Gasteiger partial charge in [-0.3, -0.25) is 9.59 Å². The summed E-state index contributed by atoms with van der Waals surface area (Å²) >= 11 is 1.07. The Labute approximate surface area is 189 Å². The van der Waals surface area contributed by atoms with Crippen molar-refractivity contribution in [3.05, 3.63) is 70.6 Å². The molecule has 1 fully saturated rings. The van der Waals surface area contributed by atoms with E-state index in [2.05, 4.69) is 18.2 Å². The summed E-state index contributed by atoms with van der Waals surface area (Å²) in [7, 11) is 0. The fourth-order valence-corrected chi connectivity index (χ4v) is 5.66. The molecule has 0 saturated carbocycles. The third kappa shape index (κ3) is 3.93. The van der Waals surface area contributed by atoms with Gasteiger partial charge in [-0.2, -0.15) is 0 Å². The number of hydrogen-bond donors (Lipinski definition) is 0. The SMILES string of the molecule is O=C([O-])CSCC(=O)N1C[C@@H]2C[C@H](C1)c1ccc(-c3ccc4ccccc4c3)c(=O)n1C2. The molecule has 2 aliphatic heterocycles. The summed E-state index contributed by atoms with van der Waals surface area (Å²) < 4.78 is 1.90. The van der Waals surface area contributed by atoms with Crippen LogP contribution < -0.4 is 10.7 Å². The monoisotopic (exact) mass is 447 g/mol. The molecule has 32 heavy (non-hydrogen) atoms. The topological polar surface area (TPSA) is 82.4 Å². The normalized spacial score (nSPS) is 19.6. The highest BCUT2D eigenvalue weighted by atomic mass is 32.2. The fraction of sp³-hybridized carbons (Fsp3) is 0.320. The van der Waals surface area contributed by atoms with Gasteiger partial charge in [-0.1, -0.05) is 36.4 Å². The predicted molar refractivity (Wildman–Crippen MR) is 123 cm³/mol. The molecule has 1 amide bonds. The number of carboxylic acids is 1. The highest BCUT2D eigenvalue weighted by Crippen LogP contribution is 2.36. The van der Waals surface area contributed by atoms with E-state index in [4.69, 9.17) is 0 Å². The number of aliphatic carboxylic acids is 1. The van der Waals surface area contributed by atoms with E-state index >= 15 is 0 Å². The first-order valence-corrected chi connectivity index (χ1v) is 11.9. The smallest absolute Gasteiger partial charge is 0.258 e. The molecular weight excluding hydrogens is 424 g/mol. The molecule has 3 aromatic rings. The highest BCUT2D eigenvalue weighted by molar-refractivity contribution is 8.00. The second-order valence-corrected chi connectivity index (χ2v) is 9.60. The molecule has 1 aromatic heterocycles. The van der Waals surface area contributed by atoms with Gasteiger partial charge in [-0.05, 0) is 46.9 Å². The number of carboxylic acid groups (broad SMARTS) is 1. The lowest BCUT2D eigenvalue weighted by atomic mass is 9.82. The van der Waals surface area contributed by atoms with E-state index in [0.717, 1.165) is 40.2 Å². The van der Waals surface area contributed by atoms with Crippen molar-refractivity contribution in [2.75, 3.05) is 24.6 Å². The van der Waals surface area contributed by atoms with Crippen molar-refractivity contribution in [3.63, 3.8) is 0 Å². The number of amides is 1. The standard InChI is InChI=1S/C25H24N2O4S/c28-23(14-32-15-24(29)30)26-11-16-9-20(13-26)22-8-7-21(25(31)27(22)12-16)19-6-5-17-3-1-2-4-18(17)10-19/h1-8,10,16,20H,9,11-15H2,(H,29,30)/p-1/t16-,20+/m0/s1. The van der Waals surface area contributed by atoms with Gasteiger partial charge in [0.25, 0.3) is 5.56 Å². The van der Waals surface area contributed by atoms with Crippen molar-refractivity contribution in [1.82, 2.24) is 9.47 Å². The van der Waals surface area contributed by atoms with Crippen LogP contribution in [0.15, 0.2) is 59.4 Å². The first-order valence-electron chi connectivity index (χ1n) is 10.8. The Morgan fingerprint density at radius 1 is 0.969 bits per heavy atom. The van der Waals surface area contributed by atoms with Gasteiger partial charge in [-0.25, -0.2) is 0 Å². The number of aromatic nitrogens is 1. The third-order valence-electron chi connectivity index (χ3n) is 6.46. The molecule has 0 unspecified atom stereocenters. The summed E-state index contributed by atoms with van der Waals surface area (Å²) in [5.41, 5.74) is 2.63. The van der Waals surface area contributed by atoms with E-state index in [-0.39, 0.29) is 34.8 Å². The minimum atomic E-state index is -1.16. The zero-order chi connectivity index (χ0) is 22.2. The van der Waals surface area contributed by atoms with Crippen LogP contribution in [0.4, 0.5) is 0 Å². The number of rotatable bonds is 5. The Balaban J connectivity index is 1.40. The Hall–Kier alpha value is -3.06. The van der Waals surface area contributed by atoms with Crippen LogP contribution >= 0.6 is 11.8 Å². The van der Waals surface area contributed by atoms with Crippen LogP contribution in [0.2, 0.25) is 0 Å². The van der Waals surface area contributed by atoms with Crippen molar-refractivity contribution in [2.45, 2.75) is 18.9 Å². The minimum absolute atomic E-state index is 0.0248. The number of likely N-dealkylation sites (tertiary alicyclic amines) is 1. The number of hydrogen-bond acceptors (Lipinski definition) is 5. The number of thioether (sulfide) groups is 1. The van der Waals surface area contributed by atoms with E-state index in [0.29, 0.717) is 25.2 Å². The van der Waals surface area contributed by atoms with Crippen LogP contribution in [0.3, 0.4) is 0 Å². The lowest BCUT2D eigenvalue weighted by Crippen LogP contribution is -2.49. The summed E-state index contributed by atoms with van der Waals surface area (Å²) in [5, 5.41) is 12.8. The molecule has 164 valence electrons.